The van der Waals surface area contributed by atoms with E-state index in [2.05, 4.69) is 10.5 Å². The van der Waals surface area contributed by atoms with E-state index in [0.29, 0.717) is 0 Å². The fourth-order valence-electron chi connectivity index (χ4n) is 2.47. The molecule has 0 fully saturated rings. The number of hydrogen-bond donors (Lipinski definition) is 2. The van der Waals surface area contributed by atoms with Gasteiger partial charge in [-0.05, 0) is 42.0 Å². The van der Waals surface area contributed by atoms with E-state index in [4.69, 9.17) is 11.6 Å². The van der Waals surface area contributed by atoms with Gasteiger partial charge in [-0.2, -0.15) is 5.10 Å². The molecule has 4 nitrogen and oxygen atoms in total. The number of nitrogens with one attached hydrogen (secondary N) is 1. The van der Waals surface area contributed by atoms with Crippen molar-refractivity contribution in [2.24, 2.45) is 5.10 Å². The Balaban J connectivity index is 1.87. The van der Waals surface area contributed by atoms with Gasteiger partial charge in [-0.15, -0.1) is 0 Å². The van der Waals surface area contributed by atoms with Crippen molar-refractivity contribution < 1.29 is 18.7 Å². The zero-order chi connectivity index (χ0) is 18.8. The predicted molar refractivity (Wildman–Crippen MR) is 96.7 cm³/mol. The van der Waals surface area contributed by atoms with Crippen molar-refractivity contribution in [2.75, 3.05) is 0 Å². The number of hydrazone groups is 1. The Hall–Kier alpha value is -2.99. The maximum atomic E-state index is 13.9. The van der Waals surface area contributed by atoms with Crippen molar-refractivity contribution >= 4 is 34.0 Å². The first kappa shape index (κ1) is 17.8. The second-order valence-electron chi connectivity index (χ2n) is 5.60. The van der Waals surface area contributed by atoms with Crippen molar-refractivity contribution in [3.63, 3.8) is 0 Å². The van der Waals surface area contributed by atoms with Crippen LogP contribution in [-0.4, -0.2) is 16.7 Å². The standard InChI is InChI=1S/C19H13ClF2N2O2/c1-10(13-8-17(22)15(20)9-16(13)21)23-24-19(26)14-6-11-4-2-3-5-12(11)7-18(14)25/h2-9,25H,1H3,(H,24,26). The van der Waals surface area contributed by atoms with Crippen LogP contribution in [0.1, 0.15) is 22.8 Å². The van der Waals surface area contributed by atoms with Gasteiger partial charge in [0.25, 0.3) is 5.91 Å². The van der Waals surface area contributed by atoms with E-state index in [-0.39, 0.29) is 27.6 Å². The smallest absolute Gasteiger partial charge is 0.275 e. The second-order valence-corrected chi connectivity index (χ2v) is 6.01. The average Bonchev–Trinajstić information content (AvgIpc) is 2.61. The first-order valence-corrected chi connectivity index (χ1v) is 7.96. The molecule has 0 aliphatic heterocycles. The first-order valence-electron chi connectivity index (χ1n) is 7.58. The van der Waals surface area contributed by atoms with Gasteiger partial charge in [0.2, 0.25) is 0 Å². The topological polar surface area (TPSA) is 61.7 Å². The summed E-state index contributed by atoms with van der Waals surface area (Å²) >= 11 is 5.51. The third-order valence-corrected chi connectivity index (χ3v) is 4.12. The number of rotatable bonds is 3. The number of amides is 1. The highest BCUT2D eigenvalue weighted by molar-refractivity contribution is 6.30. The number of hydrogen-bond acceptors (Lipinski definition) is 3. The van der Waals surface area contributed by atoms with Crippen molar-refractivity contribution in [3.05, 3.63) is 76.3 Å². The molecule has 0 bridgehead atoms. The van der Waals surface area contributed by atoms with Crippen LogP contribution in [-0.2, 0) is 0 Å². The minimum atomic E-state index is -0.795. The minimum Gasteiger partial charge on any atom is -0.507 e. The number of carbonyl (C=O) groups is 1. The number of phenolic OH excluding ortho intramolecular Hbond substituents is 1. The summed E-state index contributed by atoms with van der Waals surface area (Å²) < 4.78 is 27.4. The number of benzene rings is 3. The summed E-state index contributed by atoms with van der Waals surface area (Å²) in [5.74, 6) is -2.45. The summed E-state index contributed by atoms with van der Waals surface area (Å²) in [4.78, 5) is 12.3. The molecule has 2 N–H and O–H groups in total. The van der Waals surface area contributed by atoms with Gasteiger partial charge in [0, 0.05) is 5.56 Å². The lowest BCUT2D eigenvalue weighted by molar-refractivity contribution is 0.0952. The van der Waals surface area contributed by atoms with Crippen molar-refractivity contribution in [1.29, 1.82) is 0 Å². The summed E-state index contributed by atoms with van der Waals surface area (Å²) in [5, 5.41) is 15.0. The van der Waals surface area contributed by atoms with Crippen LogP contribution < -0.4 is 5.43 Å². The molecule has 0 saturated carbocycles. The average molecular weight is 375 g/mol. The lowest BCUT2D eigenvalue weighted by atomic mass is 10.1. The number of fused-ring (bicyclic) bond motifs is 1. The van der Waals surface area contributed by atoms with E-state index in [1.807, 2.05) is 6.07 Å². The zero-order valence-electron chi connectivity index (χ0n) is 13.6. The maximum absolute atomic E-state index is 13.9. The largest absolute Gasteiger partial charge is 0.507 e. The number of aromatic hydroxyl groups is 1. The molecule has 3 aromatic carbocycles. The van der Waals surface area contributed by atoms with E-state index in [0.717, 1.165) is 22.9 Å². The molecular weight excluding hydrogens is 362 g/mol. The van der Waals surface area contributed by atoms with Crippen molar-refractivity contribution in [3.8, 4) is 5.75 Å². The molecule has 3 rings (SSSR count). The summed E-state index contributed by atoms with van der Waals surface area (Å²) in [6.45, 7) is 1.41. The highest BCUT2D eigenvalue weighted by Gasteiger charge is 2.14. The summed E-state index contributed by atoms with van der Waals surface area (Å²) in [5.41, 5.74) is 2.17. The monoisotopic (exact) mass is 374 g/mol. The van der Waals surface area contributed by atoms with Crippen LogP contribution in [0.2, 0.25) is 5.02 Å². The summed E-state index contributed by atoms with van der Waals surface area (Å²) in [6, 6.07) is 11.9. The quantitative estimate of drug-likeness (QED) is 0.399. The van der Waals surface area contributed by atoms with Gasteiger partial charge < -0.3 is 5.11 Å². The van der Waals surface area contributed by atoms with Crippen LogP contribution in [0.3, 0.4) is 0 Å². The van der Waals surface area contributed by atoms with E-state index in [1.165, 1.54) is 19.1 Å². The molecular formula is C19H13ClF2N2O2. The Morgan fingerprint density at radius 1 is 1.04 bits per heavy atom. The van der Waals surface area contributed by atoms with Gasteiger partial charge >= 0.3 is 0 Å². The molecule has 0 aliphatic rings. The van der Waals surface area contributed by atoms with Crippen molar-refractivity contribution in [1.82, 2.24) is 5.43 Å². The normalized spacial score (nSPS) is 11.6. The Labute approximate surface area is 152 Å². The van der Waals surface area contributed by atoms with Gasteiger partial charge in [-0.3, -0.25) is 4.79 Å². The molecule has 1 amide bonds. The molecule has 3 aromatic rings. The van der Waals surface area contributed by atoms with E-state index >= 15 is 0 Å². The lowest BCUT2D eigenvalue weighted by Crippen LogP contribution is -2.20. The molecule has 0 atom stereocenters. The Kier molecular flexibility index (Phi) is 4.86. The number of halogens is 3. The second kappa shape index (κ2) is 7.09. The van der Waals surface area contributed by atoms with E-state index in [9.17, 15) is 18.7 Å². The SMILES string of the molecule is CC(=NNC(=O)c1cc2ccccc2cc1O)c1cc(F)c(Cl)cc1F. The van der Waals surface area contributed by atoms with Gasteiger partial charge in [0.1, 0.15) is 17.4 Å². The van der Waals surface area contributed by atoms with Gasteiger partial charge in [0.15, 0.2) is 0 Å². The van der Waals surface area contributed by atoms with Crippen LogP contribution in [0, 0.1) is 11.6 Å². The van der Waals surface area contributed by atoms with Gasteiger partial charge in [-0.25, -0.2) is 14.2 Å². The zero-order valence-corrected chi connectivity index (χ0v) is 14.3. The predicted octanol–water partition coefficient (Wildman–Crippen LogP) is 4.63. The molecule has 0 aromatic heterocycles. The third-order valence-electron chi connectivity index (χ3n) is 3.83. The highest BCUT2D eigenvalue weighted by atomic mass is 35.5. The third kappa shape index (κ3) is 3.50. The molecule has 0 heterocycles. The Bertz CT molecular complexity index is 1050. The molecule has 0 saturated heterocycles. The Morgan fingerprint density at radius 2 is 1.69 bits per heavy atom. The first-order chi connectivity index (χ1) is 12.4. The van der Waals surface area contributed by atoms with Crippen LogP contribution in [0.25, 0.3) is 10.8 Å². The molecule has 0 spiro atoms. The number of nitrogens with zero attached hydrogens (tertiary/aromatic N) is 1. The van der Waals surface area contributed by atoms with Crippen LogP contribution in [0.15, 0.2) is 53.6 Å². The molecule has 0 aliphatic carbocycles. The van der Waals surface area contributed by atoms with Crippen LogP contribution >= 0.6 is 11.6 Å². The van der Waals surface area contributed by atoms with Gasteiger partial charge in [0.05, 0.1) is 16.3 Å². The maximum Gasteiger partial charge on any atom is 0.275 e. The minimum absolute atomic E-state index is 0.0167. The molecule has 0 radical (unpaired) electrons. The lowest BCUT2D eigenvalue weighted by Gasteiger charge is -2.08. The number of carbonyl (C=O) groups excluding carboxylic acids is 1. The molecule has 0 unspecified atom stereocenters. The van der Waals surface area contributed by atoms with Crippen molar-refractivity contribution in [2.45, 2.75) is 6.92 Å². The molecule has 26 heavy (non-hydrogen) atoms. The summed E-state index contributed by atoms with van der Waals surface area (Å²) in [6.07, 6.45) is 0. The molecule has 132 valence electrons. The Morgan fingerprint density at radius 3 is 2.38 bits per heavy atom. The summed E-state index contributed by atoms with van der Waals surface area (Å²) in [7, 11) is 0. The van der Waals surface area contributed by atoms with Crippen LogP contribution in [0.4, 0.5) is 8.78 Å². The van der Waals surface area contributed by atoms with Gasteiger partial charge in [-0.1, -0.05) is 35.9 Å². The van der Waals surface area contributed by atoms with E-state index in [1.54, 1.807) is 18.2 Å². The van der Waals surface area contributed by atoms with Crippen LogP contribution in [0.5, 0.6) is 5.75 Å². The number of phenols is 1. The molecule has 7 heteroatoms. The fraction of sp³-hybridized carbons (Fsp3) is 0.0526. The highest BCUT2D eigenvalue weighted by Crippen LogP contribution is 2.25. The fourth-order valence-corrected chi connectivity index (χ4v) is 2.62. The van der Waals surface area contributed by atoms with E-state index < -0.39 is 17.5 Å².